The molecule has 0 atom stereocenters. The Morgan fingerprint density at radius 1 is 0.706 bits per heavy atom. The number of carbonyl (C=O) groups is 2. The molecule has 0 unspecified atom stereocenters. The van der Waals surface area contributed by atoms with Crippen LogP contribution in [0.15, 0.2) is 114 Å². The molecule has 0 fully saturated rings. The molecule has 0 amide bonds. The van der Waals surface area contributed by atoms with Crippen molar-refractivity contribution in [3.05, 3.63) is 132 Å². The summed E-state index contributed by atoms with van der Waals surface area (Å²) in [5.41, 5.74) is 2.12. The first-order chi connectivity index (χ1) is 16.7. The van der Waals surface area contributed by atoms with E-state index in [-0.39, 0.29) is 28.6 Å². The molecule has 0 bridgehead atoms. The van der Waals surface area contributed by atoms with E-state index in [1.54, 1.807) is 41.2 Å². The first-order valence-corrected chi connectivity index (χ1v) is 10.9. The first kappa shape index (κ1) is 19.9. The molecule has 5 heteroatoms. The van der Waals surface area contributed by atoms with E-state index in [0.29, 0.717) is 11.1 Å². The number of fused-ring (bicyclic) bond motifs is 3. The summed E-state index contributed by atoms with van der Waals surface area (Å²) in [5.74, 6) is -0.539. The fourth-order valence-corrected chi connectivity index (χ4v) is 4.18. The van der Waals surface area contributed by atoms with Crippen molar-refractivity contribution in [2.75, 3.05) is 0 Å². The first-order valence-electron chi connectivity index (χ1n) is 10.9. The van der Waals surface area contributed by atoms with E-state index in [1.807, 2.05) is 72.8 Å². The van der Waals surface area contributed by atoms with Gasteiger partial charge in [-0.1, -0.05) is 78.9 Å². The van der Waals surface area contributed by atoms with Gasteiger partial charge in [0.05, 0.1) is 11.3 Å². The van der Waals surface area contributed by atoms with Crippen LogP contribution in [0.25, 0.3) is 27.4 Å². The fraction of sp³-hybridized carbons (Fsp3) is 0. The smallest absolute Gasteiger partial charge is 0.232 e. The average molecular weight is 442 g/mol. The Bertz CT molecular complexity index is 1680. The van der Waals surface area contributed by atoms with Crippen molar-refractivity contribution >= 4 is 33.3 Å². The summed E-state index contributed by atoms with van der Waals surface area (Å²) in [6, 6.07) is 31.7. The van der Waals surface area contributed by atoms with Crippen LogP contribution in [-0.2, 0) is 0 Å². The zero-order valence-electron chi connectivity index (χ0n) is 18.0. The molecule has 162 valence electrons. The lowest BCUT2D eigenvalue weighted by atomic mass is 10.0. The van der Waals surface area contributed by atoms with Crippen LogP contribution in [0.4, 0.5) is 0 Å². The van der Waals surface area contributed by atoms with E-state index in [4.69, 9.17) is 4.42 Å². The van der Waals surface area contributed by atoms with Crippen LogP contribution in [0.2, 0.25) is 0 Å². The number of hydrogen-bond acceptors (Lipinski definition) is 4. The molecule has 0 spiro atoms. The van der Waals surface area contributed by atoms with Crippen molar-refractivity contribution in [3.63, 3.8) is 0 Å². The number of rotatable bonds is 5. The Kier molecular flexibility index (Phi) is 4.66. The Balaban J connectivity index is 1.50. The number of nitrogens with zero attached hydrogens (tertiary/aromatic N) is 2. The largest absolute Gasteiger partial charge is 0.453 e. The number of para-hydroxylation sites is 1. The van der Waals surface area contributed by atoms with E-state index in [0.717, 1.165) is 21.8 Å². The molecule has 2 heterocycles. The van der Waals surface area contributed by atoms with Crippen LogP contribution >= 0.6 is 0 Å². The molecular formula is C29H18N2O3. The number of hydrogen-bond donors (Lipinski definition) is 0. The predicted octanol–water partition coefficient (Wildman–Crippen LogP) is 6.23. The lowest BCUT2D eigenvalue weighted by Crippen LogP contribution is -2.09. The second-order valence-electron chi connectivity index (χ2n) is 8.00. The normalized spacial score (nSPS) is 11.2. The van der Waals surface area contributed by atoms with Crippen molar-refractivity contribution < 1.29 is 14.0 Å². The zero-order valence-corrected chi connectivity index (χ0v) is 18.0. The van der Waals surface area contributed by atoms with Gasteiger partial charge in [0.1, 0.15) is 11.3 Å². The Hall–Kier alpha value is -4.77. The van der Waals surface area contributed by atoms with Gasteiger partial charge in [0.25, 0.3) is 0 Å². The Morgan fingerprint density at radius 2 is 1.41 bits per heavy atom. The van der Waals surface area contributed by atoms with Gasteiger partial charge in [-0.3, -0.25) is 9.59 Å². The molecule has 6 aromatic rings. The Morgan fingerprint density at radius 3 is 2.21 bits per heavy atom. The minimum atomic E-state index is -0.387. The molecule has 2 aromatic heterocycles. The van der Waals surface area contributed by atoms with Gasteiger partial charge in [0, 0.05) is 17.1 Å². The van der Waals surface area contributed by atoms with Gasteiger partial charge in [0.15, 0.2) is 5.76 Å². The summed E-state index contributed by atoms with van der Waals surface area (Å²) in [5, 5.41) is 7.43. The average Bonchev–Trinajstić information content (AvgIpc) is 3.54. The Labute approximate surface area is 194 Å². The van der Waals surface area contributed by atoms with Crippen molar-refractivity contribution in [3.8, 4) is 5.69 Å². The number of ketones is 2. The number of aromatic nitrogens is 2. The SMILES string of the molecule is O=C(c1cc2c(ccc3ccccc32)o1)c1cn(-c2ccccc2)nc1C(=O)c1ccccc1. The third-order valence-corrected chi connectivity index (χ3v) is 5.88. The number of furan rings is 1. The molecule has 6 rings (SSSR count). The molecule has 0 radical (unpaired) electrons. The number of benzene rings is 4. The lowest BCUT2D eigenvalue weighted by Gasteiger charge is -2.00. The molecule has 0 aliphatic carbocycles. The summed E-state index contributed by atoms with van der Waals surface area (Å²) >= 11 is 0. The summed E-state index contributed by atoms with van der Waals surface area (Å²) in [7, 11) is 0. The second kappa shape index (κ2) is 7.98. The van der Waals surface area contributed by atoms with E-state index in [9.17, 15) is 9.59 Å². The molecule has 4 aromatic carbocycles. The summed E-state index contributed by atoms with van der Waals surface area (Å²) in [6.07, 6.45) is 1.60. The standard InChI is InChI=1S/C29H18N2O3/c32-28(20-10-3-1-4-11-20)27-24(18-31(30-27)21-12-5-2-6-13-21)29(33)26-17-23-22-14-8-7-9-19(22)15-16-25(23)34-26/h1-18H. The van der Waals surface area contributed by atoms with E-state index < -0.39 is 0 Å². The molecule has 0 aliphatic rings. The van der Waals surface area contributed by atoms with Gasteiger partial charge in [0.2, 0.25) is 11.6 Å². The fourth-order valence-electron chi connectivity index (χ4n) is 4.18. The summed E-state index contributed by atoms with van der Waals surface area (Å²) < 4.78 is 7.51. The van der Waals surface area contributed by atoms with Gasteiger partial charge in [-0.15, -0.1) is 0 Å². The minimum absolute atomic E-state index is 0.0883. The van der Waals surface area contributed by atoms with Gasteiger partial charge in [-0.2, -0.15) is 5.10 Å². The van der Waals surface area contributed by atoms with Gasteiger partial charge in [-0.25, -0.2) is 4.68 Å². The quantitative estimate of drug-likeness (QED) is 0.297. The topological polar surface area (TPSA) is 65.1 Å². The van der Waals surface area contributed by atoms with Gasteiger partial charge < -0.3 is 4.42 Å². The van der Waals surface area contributed by atoms with Crippen molar-refractivity contribution in [2.24, 2.45) is 0 Å². The van der Waals surface area contributed by atoms with Gasteiger partial charge >= 0.3 is 0 Å². The van der Waals surface area contributed by atoms with Gasteiger partial charge in [-0.05, 0) is 35.0 Å². The highest BCUT2D eigenvalue weighted by molar-refractivity contribution is 6.19. The van der Waals surface area contributed by atoms with Crippen LogP contribution in [-0.4, -0.2) is 21.3 Å². The van der Waals surface area contributed by atoms with Crippen molar-refractivity contribution in [2.45, 2.75) is 0 Å². The predicted molar refractivity (Wildman–Crippen MR) is 131 cm³/mol. The van der Waals surface area contributed by atoms with Crippen LogP contribution < -0.4 is 0 Å². The highest BCUT2D eigenvalue weighted by atomic mass is 16.3. The van der Waals surface area contributed by atoms with Crippen molar-refractivity contribution in [1.82, 2.24) is 9.78 Å². The maximum atomic E-state index is 13.7. The molecule has 0 aliphatic heterocycles. The highest BCUT2D eigenvalue weighted by Gasteiger charge is 2.26. The van der Waals surface area contributed by atoms with E-state index in [1.165, 1.54) is 0 Å². The van der Waals surface area contributed by atoms with Crippen LogP contribution in [0.5, 0.6) is 0 Å². The van der Waals surface area contributed by atoms with Crippen LogP contribution in [0, 0.1) is 0 Å². The van der Waals surface area contributed by atoms with E-state index in [2.05, 4.69) is 5.10 Å². The zero-order chi connectivity index (χ0) is 23.1. The number of carbonyl (C=O) groups excluding carboxylic acids is 2. The van der Waals surface area contributed by atoms with Crippen LogP contribution in [0.1, 0.15) is 32.2 Å². The molecule has 0 N–H and O–H groups in total. The van der Waals surface area contributed by atoms with Crippen molar-refractivity contribution in [1.29, 1.82) is 0 Å². The minimum Gasteiger partial charge on any atom is -0.453 e. The second-order valence-corrected chi connectivity index (χ2v) is 8.00. The maximum Gasteiger partial charge on any atom is 0.232 e. The lowest BCUT2D eigenvalue weighted by molar-refractivity contribution is 0.0988. The molecule has 5 nitrogen and oxygen atoms in total. The maximum absolute atomic E-state index is 13.7. The van der Waals surface area contributed by atoms with Crippen LogP contribution in [0.3, 0.4) is 0 Å². The third-order valence-electron chi connectivity index (χ3n) is 5.88. The van der Waals surface area contributed by atoms with E-state index >= 15 is 0 Å². The summed E-state index contributed by atoms with van der Waals surface area (Å²) in [4.78, 5) is 27.0. The third kappa shape index (κ3) is 3.31. The molecule has 34 heavy (non-hydrogen) atoms. The highest BCUT2D eigenvalue weighted by Crippen LogP contribution is 2.30. The molecule has 0 saturated heterocycles. The molecule has 0 saturated carbocycles. The monoisotopic (exact) mass is 442 g/mol. The molecular weight excluding hydrogens is 424 g/mol. The summed E-state index contributed by atoms with van der Waals surface area (Å²) in [6.45, 7) is 0.